The van der Waals surface area contributed by atoms with Crippen LogP contribution in [0.3, 0.4) is 0 Å². The SMILES string of the molecule is CC1=C(C(=O)OC2CCCCC2)C(c2cccc(OCc3ccc(Cl)cc3Cl)c2)n2nc(SCc3ccccc3F)nc2N1. The maximum Gasteiger partial charge on any atom is 0.338 e. The van der Waals surface area contributed by atoms with Gasteiger partial charge in [0, 0.05) is 27.1 Å². The minimum absolute atomic E-state index is 0.111. The van der Waals surface area contributed by atoms with Crippen LogP contribution in [0.1, 0.15) is 61.8 Å². The summed E-state index contributed by atoms with van der Waals surface area (Å²) in [5, 5.41) is 9.57. The first-order valence-electron chi connectivity index (χ1n) is 14.5. The van der Waals surface area contributed by atoms with E-state index in [2.05, 4.69) is 10.3 Å². The molecule has 2 heterocycles. The van der Waals surface area contributed by atoms with Crippen LogP contribution in [0.25, 0.3) is 0 Å². The molecule has 44 heavy (non-hydrogen) atoms. The lowest BCUT2D eigenvalue weighted by Crippen LogP contribution is -2.32. The highest BCUT2D eigenvalue weighted by Crippen LogP contribution is 2.39. The Labute approximate surface area is 269 Å². The van der Waals surface area contributed by atoms with Gasteiger partial charge >= 0.3 is 5.97 Å². The highest BCUT2D eigenvalue weighted by molar-refractivity contribution is 7.98. The highest BCUT2D eigenvalue weighted by atomic mass is 35.5. The molecule has 1 aromatic heterocycles. The van der Waals surface area contributed by atoms with Crippen molar-refractivity contribution in [3.63, 3.8) is 0 Å². The van der Waals surface area contributed by atoms with Crippen LogP contribution in [-0.2, 0) is 21.9 Å². The average molecular weight is 654 g/mol. The Kier molecular flexibility index (Phi) is 9.44. The summed E-state index contributed by atoms with van der Waals surface area (Å²) >= 11 is 13.7. The molecule has 1 unspecified atom stereocenters. The van der Waals surface area contributed by atoms with Crippen molar-refractivity contribution in [1.29, 1.82) is 0 Å². The van der Waals surface area contributed by atoms with Crippen LogP contribution in [0.4, 0.5) is 10.3 Å². The van der Waals surface area contributed by atoms with Gasteiger partial charge in [0.15, 0.2) is 0 Å². The van der Waals surface area contributed by atoms with Crippen molar-refractivity contribution in [2.45, 2.75) is 68.7 Å². The number of nitrogens with zero attached hydrogens (tertiary/aromatic N) is 3. The second-order valence-corrected chi connectivity index (χ2v) is 12.7. The normalized spacial score (nSPS) is 16.8. The molecule has 0 radical (unpaired) electrons. The van der Waals surface area contributed by atoms with Gasteiger partial charge in [0.1, 0.15) is 30.3 Å². The Morgan fingerprint density at radius 1 is 1.05 bits per heavy atom. The molecule has 4 aromatic rings. The van der Waals surface area contributed by atoms with Crippen molar-refractivity contribution in [2.75, 3.05) is 5.32 Å². The largest absolute Gasteiger partial charge is 0.489 e. The number of rotatable bonds is 9. The minimum Gasteiger partial charge on any atom is -0.489 e. The molecule has 11 heteroatoms. The molecular formula is C33H31Cl2FN4O3S. The Morgan fingerprint density at radius 2 is 1.86 bits per heavy atom. The van der Waals surface area contributed by atoms with Gasteiger partial charge in [0.25, 0.3) is 0 Å². The predicted octanol–water partition coefficient (Wildman–Crippen LogP) is 8.76. The molecule has 1 aliphatic carbocycles. The number of aromatic nitrogens is 3. The number of thioether (sulfide) groups is 1. The molecule has 0 bridgehead atoms. The summed E-state index contributed by atoms with van der Waals surface area (Å²) in [5.74, 6) is 0.785. The number of fused-ring (bicyclic) bond motifs is 1. The summed E-state index contributed by atoms with van der Waals surface area (Å²) in [4.78, 5) is 18.5. The number of allylic oxidation sites excluding steroid dienone is 1. The van der Waals surface area contributed by atoms with Crippen molar-refractivity contribution >= 4 is 46.9 Å². The quantitative estimate of drug-likeness (QED) is 0.143. The summed E-state index contributed by atoms with van der Waals surface area (Å²) in [6.07, 6.45) is 4.86. The molecule has 228 valence electrons. The molecule has 1 N–H and O–H groups in total. The number of carbonyl (C=O) groups excluding carboxylic acids is 1. The van der Waals surface area contributed by atoms with Crippen LogP contribution >= 0.6 is 35.0 Å². The van der Waals surface area contributed by atoms with Crippen LogP contribution in [0.5, 0.6) is 5.75 Å². The van der Waals surface area contributed by atoms with E-state index in [4.69, 9.17) is 37.8 Å². The number of esters is 1. The maximum absolute atomic E-state index is 14.3. The zero-order chi connectivity index (χ0) is 30.6. The Morgan fingerprint density at radius 3 is 2.66 bits per heavy atom. The number of hydrogen-bond acceptors (Lipinski definition) is 7. The number of nitrogens with one attached hydrogen (secondary N) is 1. The fraction of sp³-hybridized carbons (Fsp3) is 0.303. The first-order valence-corrected chi connectivity index (χ1v) is 16.3. The number of benzene rings is 3. The molecule has 0 amide bonds. The van der Waals surface area contributed by atoms with Gasteiger partial charge in [-0.15, -0.1) is 5.10 Å². The molecule has 1 atom stereocenters. The average Bonchev–Trinajstić information content (AvgIpc) is 3.42. The molecule has 1 fully saturated rings. The molecule has 7 nitrogen and oxygen atoms in total. The molecular weight excluding hydrogens is 622 g/mol. The van der Waals surface area contributed by atoms with E-state index >= 15 is 0 Å². The molecule has 0 spiro atoms. The van der Waals surface area contributed by atoms with E-state index in [-0.39, 0.29) is 24.5 Å². The fourth-order valence-electron chi connectivity index (χ4n) is 5.49. The number of halogens is 3. The van der Waals surface area contributed by atoms with Gasteiger partial charge in [0.2, 0.25) is 11.1 Å². The van der Waals surface area contributed by atoms with E-state index in [1.807, 2.05) is 37.3 Å². The topological polar surface area (TPSA) is 78.3 Å². The van der Waals surface area contributed by atoms with Crippen molar-refractivity contribution in [3.05, 3.63) is 111 Å². The monoisotopic (exact) mass is 652 g/mol. The van der Waals surface area contributed by atoms with Gasteiger partial charge in [-0.2, -0.15) is 4.98 Å². The fourth-order valence-corrected chi connectivity index (χ4v) is 6.77. The third-order valence-electron chi connectivity index (χ3n) is 7.78. The predicted molar refractivity (Wildman–Crippen MR) is 171 cm³/mol. The van der Waals surface area contributed by atoms with Crippen LogP contribution in [0.15, 0.2) is 83.2 Å². The highest BCUT2D eigenvalue weighted by Gasteiger charge is 2.36. The van der Waals surface area contributed by atoms with E-state index in [9.17, 15) is 9.18 Å². The summed E-state index contributed by atoms with van der Waals surface area (Å²) in [6, 6.07) is 18.8. The van der Waals surface area contributed by atoms with E-state index in [0.717, 1.165) is 43.2 Å². The van der Waals surface area contributed by atoms with Gasteiger partial charge in [-0.05, 0) is 74.1 Å². The Hall–Kier alpha value is -3.53. The van der Waals surface area contributed by atoms with Crippen LogP contribution in [-0.4, -0.2) is 26.8 Å². The second kappa shape index (κ2) is 13.6. The van der Waals surface area contributed by atoms with Gasteiger partial charge in [-0.25, -0.2) is 13.9 Å². The third kappa shape index (κ3) is 6.90. The number of ether oxygens (including phenoxy) is 2. The maximum atomic E-state index is 14.3. The van der Waals surface area contributed by atoms with E-state index in [0.29, 0.717) is 49.5 Å². The first kappa shape index (κ1) is 30.5. The van der Waals surface area contributed by atoms with Gasteiger partial charge in [0.05, 0.1) is 5.57 Å². The van der Waals surface area contributed by atoms with Crippen molar-refractivity contribution in [2.24, 2.45) is 0 Å². The Bertz CT molecular complexity index is 1710. The molecule has 1 saturated carbocycles. The van der Waals surface area contributed by atoms with E-state index in [1.165, 1.54) is 17.8 Å². The first-order chi connectivity index (χ1) is 21.4. The molecule has 1 aliphatic heterocycles. The zero-order valence-corrected chi connectivity index (χ0v) is 26.4. The van der Waals surface area contributed by atoms with Gasteiger partial charge < -0.3 is 14.8 Å². The zero-order valence-electron chi connectivity index (χ0n) is 24.1. The van der Waals surface area contributed by atoms with E-state index < -0.39 is 6.04 Å². The summed E-state index contributed by atoms with van der Waals surface area (Å²) in [7, 11) is 0. The second-order valence-electron chi connectivity index (χ2n) is 10.9. The lowest BCUT2D eigenvalue weighted by molar-refractivity contribution is -0.146. The minimum atomic E-state index is -0.625. The van der Waals surface area contributed by atoms with Crippen LogP contribution < -0.4 is 10.1 Å². The molecule has 0 saturated heterocycles. The van der Waals surface area contributed by atoms with Crippen molar-refractivity contribution in [3.8, 4) is 5.75 Å². The molecule has 6 rings (SSSR count). The standard InChI is InChI=1S/C33H31Cl2FN4O3S/c1-20-29(31(41)43-25-10-3-2-4-11-25)30(21-9-7-12-26(16-21)42-18-22-14-15-24(34)17-27(22)35)40-32(37-20)38-33(39-40)44-19-23-8-5-6-13-28(23)36/h5-9,12-17,25,30H,2-4,10-11,18-19H2,1H3,(H,37,38,39). The lowest BCUT2D eigenvalue weighted by atomic mass is 9.94. The van der Waals surface area contributed by atoms with Gasteiger partial charge in [-0.1, -0.05) is 77.8 Å². The molecule has 2 aliphatic rings. The van der Waals surface area contributed by atoms with Gasteiger partial charge in [-0.3, -0.25) is 0 Å². The van der Waals surface area contributed by atoms with Crippen LogP contribution in [0, 0.1) is 5.82 Å². The smallest absolute Gasteiger partial charge is 0.338 e. The summed E-state index contributed by atoms with van der Waals surface area (Å²) in [6.45, 7) is 2.08. The summed E-state index contributed by atoms with van der Waals surface area (Å²) < 4.78 is 28.1. The van der Waals surface area contributed by atoms with Crippen LogP contribution in [0.2, 0.25) is 10.0 Å². The lowest BCUT2D eigenvalue weighted by Gasteiger charge is -2.30. The summed E-state index contributed by atoms with van der Waals surface area (Å²) in [5.41, 5.74) is 3.23. The number of hydrogen-bond donors (Lipinski definition) is 1. The Balaban J connectivity index is 1.31. The molecule has 3 aromatic carbocycles. The van der Waals surface area contributed by atoms with E-state index in [1.54, 1.807) is 35.0 Å². The number of carbonyl (C=O) groups is 1. The van der Waals surface area contributed by atoms with Crippen molar-refractivity contribution in [1.82, 2.24) is 14.8 Å². The van der Waals surface area contributed by atoms with Crippen molar-refractivity contribution < 1.29 is 18.7 Å². The number of anilines is 1. The third-order valence-corrected chi connectivity index (χ3v) is 9.25.